The fourth-order valence-corrected chi connectivity index (χ4v) is 11.9. The Bertz CT molecular complexity index is 2770. The third-order valence-corrected chi connectivity index (χ3v) is 16.0. The molecule has 17 heteroatoms. The van der Waals surface area contributed by atoms with Crippen LogP contribution in [0.4, 0.5) is 16.3 Å². The van der Waals surface area contributed by atoms with Crippen LogP contribution >= 0.6 is 0 Å². The summed E-state index contributed by atoms with van der Waals surface area (Å²) >= 11 is 0. The lowest BCUT2D eigenvalue weighted by atomic mass is 9.85. The molecule has 8 heterocycles. The summed E-state index contributed by atoms with van der Waals surface area (Å²) in [5, 5.41) is 8.17. The van der Waals surface area contributed by atoms with Gasteiger partial charge in [0.15, 0.2) is 5.65 Å². The summed E-state index contributed by atoms with van der Waals surface area (Å²) < 4.78 is 8.09. The second-order valence-corrected chi connectivity index (χ2v) is 20.1. The summed E-state index contributed by atoms with van der Waals surface area (Å²) in [7, 11) is 0. The van der Waals surface area contributed by atoms with Crippen LogP contribution < -0.4 is 20.7 Å². The molecule has 6 aliphatic heterocycles. The quantitative estimate of drug-likeness (QED) is 0.138. The van der Waals surface area contributed by atoms with Gasteiger partial charge in [-0.3, -0.25) is 29.4 Å². The normalized spacial score (nSPS) is 21.5. The second kappa shape index (κ2) is 19.5. The topological polar surface area (TPSA) is 192 Å². The minimum absolute atomic E-state index is 0.0974. The number of hydrogen-bond acceptors (Lipinski definition) is 12. The maximum absolute atomic E-state index is 13.8. The van der Waals surface area contributed by atoms with Gasteiger partial charge >= 0.3 is 6.03 Å². The number of aromatic nitrogens is 4. The van der Waals surface area contributed by atoms with E-state index in [1.54, 1.807) is 12.1 Å². The molecular weight excluding hydrogens is 887 g/mol. The molecule has 70 heavy (non-hydrogen) atoms. The molecule has 6 amide bonds. The molecule has 0 bridgehead atoms. The summed E-state index contributed by atoms with van der Waals surface area (Å²) in [4.78, 5) is 83.6. The number of urea groups is 1. The van der Waals surface area contributed by atoms with Crippen molar-refractivity contribution in [1.29, 1.82) is 0 Å². The first-order chi connectivity index (χ1) is 34.1. The number of rotatable bonds is 10. The summed E-state index contributed by atoms with van der Waals surface area (Å²) in [6.45, 7) is 6.92. The highest BCUT2D eigenvalue weighted by atomic mass is 16.5. The van der Waals surface area contributed by atoms with E-state index in [-0.39, 0.29) is 30.8 Å². The number of hydrogen-bond donors (Lipinski definition) is 2. The predicted molar refractivity (Wildman–Crippen MR) is 263 cm³/mol. The number of imide groups is 2. The van der Waals surface area contributed by atoms with Gasteiger partial charge in [-0.1, -0.05) is 31.0 Å². The first-order valence-electron chi connectivity index (χ1n) is 25.4. The van der Waals surface area contributed by atoms with Gasteiger partial charge in [0.05, 0.1) is 22.6 Å². The largest absolute Gasteiger partial charge is 0.457 e. The third kappa shape index (κ3) is 9.06. The molecule has 5 fully saturated rings. The van der Waals surface area contributed by atoms with Crippen molar-refractivity contribution in [1.82, 2.24) is 44.7 Å². The van der Waals surface area contributed by atoms with Crippen LogP contribution in [0.25, 0.3) is 22.3 Å². The molecule has 5 aromatic rings. The Morgan fingerprint density at radius 1 is 0.671 bits per heavy atom. The van der Waals surface area contributed by atoms with Crippen LogP contribution in [-0.2, 0) is 9.59 Å². The number of nitrogen functional groups attached to an aromatic ring is 1. The van der Waals surface area contributed by atoms with Crippen LogP contribution in [-0.4, -0.2) is 133 Å². The average molecular weight is 948 g/mol. The lowest BCUT2D eigenvalue weighted by Gasteiger charge is -2.43. The summed E-state index contributed by atoms with van der Waals surface area (Å²) in [6.07, 6.45) is 12.2. The highest BCUT2D eigenvalue weighted by Gasteiger charge is 2.45. The number of carbonyl (C=O) groups is 5. The Hall–Kier alpha value is -6.88. The maximum Gasteiger partial charge on any atom is 0.319 e. The van der Waals surface area contributed by atoms with E-state index in [0.717, 1.165) is 148 Å². The first-order valence-corrected chi connectivity index (χ1v) is 25.4. The van der Waals surface area contributed by atoms with E-state index in [4.69, 9.17) is 15.6 Å². The van der Waals surface area contributed by atoms with E-state index < -0.39 is 23.8 Å². The number of carbonyl (C=O) groups excluding carboxylic acids is 5. The fraction of sp³-hybridized carbons (Fsp3) is 0.472. The highest BCUT2D eigenvalue weighted by molar-refractivity contribution is 6.23. The molecule has 1 unspecified atom stereocenters. The van der Waals surface area contributed by atoms with Gasteiger partial charge in [0.25, 0.3) is 11.8 Å². The number of para-hydroxylation sites is 1. The van der Waals surface area contributed by atoms with E-state index in [1.165, 1.54) is 19.2 Å². The van der Waals surface area contributed by atoms with Gasteiger partial charge in [-0.05, 0) is 124 Å². The molecule has 0 aliphatic carbocycles. The SMILES string of the molecule is Nc1ncnc2c1c(-c1ccc(Oc3ccccc3)cc1)nn2C1CCN(C2CCN(C(=O)N3CCC(CCC4CCN(c5ccc6c(c5)C(=O)N(C5CCC(=O)NC5=O)C6=O)CC4)CC3)CC2)CC1. The lowest BCUT2D eigenvalue weighted by molar-refractivity contribution is -0.136. The summed E-state index contributed by atoms with van der Waals surface area (Å²) in [5.74, 6) is 1.27. The monoisotopic (exact) mass is 947 g/mol. The van der Waals surface area contributed by atoms with Gasteiger partial charge in [-0.25, -0.2) is 19.4 Å². The molecule has 3 N–H and O–H groups in total. The van der Waals surface area contributed by atoms with Crippen molar-refractivity contribution >= 4 is 52.2 Å². The number of fused-ring (bicyclic) bond motifs is 2. The lowest BCUT2D eigenvalue weighted by Crippen LogP contribution is -2.54. The van der Waals surface area contributed by atoms with Crippen molar-refractivity contribution in [3.63, 3.8) is 0 Å². The van der Waals surface area contributed by atoms with Gasteiger partial charge < -0.3 is 30.1 Å². The van der Waals surface area contributed by atoms with Crippen molar-refractivity contribution in [3.8, 4) is 22.8 Å². The van der Waals surface area contributed by atoms with Crippen molar-refractivity contribution in [2.24, 2.45) is 11.8 Å². The number of nitrogens with one attached hydrogen (secondary N) is 1. The Balaban J connectivity index is 0.606. The molecule has 0 spiro atoms. The smallest absolute Gasteiger partial charge is 0.319 e. The first kappa shape index (κ1) is 45.6. The summed E-state index contributed by atoms with van der Waals surface area (Å²) in [6, 6.07) is 22.9. The molecule has 11 rings (SSSR count). The van der Waals surface area contributed by atoms with E-state index in [9.17, 15) is 24.0 Å². The molecule has 3 aromatic carbocycles. The van der Waals surface area contributed by atoms with E-state index in [0.29, 0.717) is 34.8 Å². The molecule has 17 nitrogen and oxygen atoms in total. The molecular formula is C53H61N11O6. The molecule has 0 saturated carbocycles. The second-order valence-electron chi connectivity index (χ2n) is 20.1. The number of benzene rings is 3. The molecule has 0 radical (unpaired) electrons. The Morgan fingerprint density at radius 2 is 1.30 bits per heavy atom. The third-order valence-electron chi connectivity index (χ3n) is 16.0. The van der Waals surface area contributed by atoms with Gasteiger partial charge in [-0.2, -0.15) is 5.10 Å². The van der Waals surface area contributed by atoms with Crippen LogP contribution in [0, 0.1) is 11.8 Å². The van der Waals surface area contributed by atoms with Crippen LogP contribution in [0.3, 0.4) is 0 Å². The van der Waals surface area contributed by atoms with Crippen LogP contribution in [0.5, 0.6) is 11.5 Å². The molecule has 2 aromatic heterocycles. The zero-order chi connectivity index (χ0) is 47.9. The van der Waals surface area contributed by atoms with Crippen LogP contribution in [0.2, 0.25) is 0 Å². The zero-order valence-electron chi connectivity index (χ0n) is 39.6. The van der Waals surface area contributed by atoms with E-state index >= 15 is 0 Å². The van der Waals surface area contributed by atoms with Gasteiger partial charge in [0, 0.05) is 76.1 Å². The van der Waals surface area contributed by atoms with Crippen LogP contribution in [0.1, 0.15) is 104 Å². The van der Waals surface area contributed by atoms with E-state index in [1.807, 2.05) is 60.7 Å². The minimum atomic E-state index is -0.966. The van der Waals surface area contributed by atoms with Gasteiger partial charge in [0.1, 0.15) is 35.4 Å². The number of ether oxygens (including phenoxy) is 1. The molecule has 1 atom stereocenters. The van der Waals surface area contributed by atoms with Gasteiger partial charge in [-0.15, -0.1) is 0 Å². The predicted octanol–water partition coefficient (Wildman–Crippen LogP) is 6.90. The number of nitrogens with two attached hydrogens (primary N) is 1. The Kier molecular flexibility index (Phi) is 12.7. The molecule has 6 aliphatic rings. The maximum atomic E-state index is 13.8. The number of anilines is 2. The van der Waals surface area contributed by atoms with E-state index in [2.05, 4.69) is 39.6 Å². The summed E-state index contributed by atoms with van der Waals surface area (Å²) in [5.41, 5.74) is 10.5. The molecule has 364 valence electrons. The number of piperidine rings is 5. The van der Waals surface area contributed by atoms with Crippen molar-refractivity contribution < 1.29 is 28.7 Å². The van der Waals surface area contributed by atoms with Crippen LogP contribution in [0.15, 0.2) is 79.1 Å². The van der Waals surface area contributed by atoms with Crippen molar-refractivity contribution in [3.05, 3.63) is 90.3 Å². The van der Waals surface area contributed by atoms with Gasteiger partial charge in [0.2, 0.25) is 11.8 Å². The molecule has 5 saturated heterocycles. The zero-order valence-corrected chi connectivity index (χ0v) is 39.6. The standard InChI is InChI=1S/C53H61N11O6/c54-48-46-47(36-8-11-41(12-9-36)70-40-4-2-1-3-5-40)58-64(49(46)56-33-55-48)38-22-28-59(29-23-38)37-20-30-62(31-21-37)53(69)61-26-18-35(19-27-61)7-6-34-16-24-60(25-17-34)39-10-13-42-43(32-39)52(68)63(51(42)67)44-14-15-45(65)57-50(44)66/h1-5,8-13,32-35,37-38,44H,6-7,14-31H2,(H2,54,55,56)(H,57,65,66). The Labute approximate surface area is 407 Å². The van der Waals surface area contributed by atoms with Crippen molar-refractivity contribution in [2.75, 3.05) is 63.0 Å². The number of amides is 6. The van der Waals surface area contributed by atoms with Crippen molar-refractivity contribution in [2.45, 2.75) is 95.2 Å². The minimum Gasteiger partial charge on any atom is -0.457 e. The highest BCUT2D eigenvalue weighted by Crippen LogP contribution is 2.38. The average Bonchev–Trinajstić information content (AvgIpc) is 3.91. The number of nitrogens with zero attached hydrogens (tertiary/aromatic N) is 9. The Morgan fingerprint density at radius 3 is 1.99 bits per heavy atom. The fourth-order valence-electron chi connectivity index (χ4n) is 11.9. The number of likely N-dealkylation sites (tertiary alicyclic amines) is 3.